The molecule has 0 aliphatic rings. The Morgan fingerprint density at radius 3 is 1.90 bits per heavy atom. The summed E-state index contributed by atoms with van der Waals surface area (Å²) in [7, 11) is 0. The fourth-order valence-corrected chi connectivity index (χ4v) is 3.19. The third kappa shape index (κ3) is 6.17. The molecule has 0 unspecified atom stereocenters. The van der Waals surface area contributed by atoms with Crippen LogP contribution in [0.25, 0.3) is 5.57 Å². The molecule has 0 aromatic heterocycles. The van der Waals surface area contributed by atoms with Crippen LogP contribution >= 0.6 is 34.8 Å². The molecule has 3 rings (SSSR count). The van der Waals surface area contributed by atoms with Gasteiger partial charge in [-0.15, -0.1) is 0 Å². The zero-order chi connectivity index (χ0) is 21.5. The highest BCUT2D eigenvalue weighted by molar-refractivity contribution is 6.32. The predicted octanol–water partition coefficient (Wildman–Crippen LogP) is 6.62. The Bertz CT molecular complexity index is 998. The van der Waals surface area contributed by atoms with Crippen LogP contribution in [0, 0.1) is 0 Å². The molecule has 0 radical (unpaired) electrons. The molecular weight excluding hydrogens is 447 g/mol. The smallest absolute Gasteiger partial charge is 0.341 e. The maximum absolute atomic E-state index is 10.6. The first kappa shape index (κ1) is 22.0. The van der Waals surface area contributed by atoms with Crippen molar-refractivity contribution < 1.29 is 19.4 Å². The Balaban J connectivity index is 1.77. The Hall–Kier alpha value is -2.66. The Morgan fingerprint density at radius 2 is 1.40 bits per heavy atom. The van der Waals surface area contributed by atoms with Gasteiger partial charge in [-0.25, -0.2) is 4.79 Å². The van der Waals surface area contributed by atoms with E-state index >= 15 is 0 Å². The molecule has 0 saturated carbocycles. The van der Waals surface area contributed by atoms with Crippen molar-refractivity contribution in [2.75, 3.05) is 13.2 Å². The standard InChI is InChI=1S/C23H17Cl3O4/c24-17-5-1-15(2-6-17)20(16-3-7-18(25)8-4-16)11-12-29-19-9-10-22(21(26)13-19)30-14-23(27)28/h1-11,13H,12,14H2,(H,27,28). The molecule has 7 heteroatoms. The number of benzene rings is 3. The molecule has 3 aromatic rings. The second-order valence-electron chi connectivity index (χ2n) is 6.22. The second-order valence-corrected chi connectivity index (χ2v) is 7.50. The average molecular weight is 464 g/mol. The minimum Gasteiger partial charge on any atom is -0.489 e. The summed E-state index contributed by atoms with van der Waals surface area (Å²) >= 11 is 18.2. The summed E-state index contributed by atoms with van der Waals surface area (Å²) in [6.45, 7) is -0.180. The molecular formula is C23H17Cl3O4. The Kier molecular flexibility index (Phi) is 7.63. The lowest BCUT2D eigenvalue weighted by atomic mass is 9.98. The van der Waals surface area contributed by atoms with Crippen LogP contribution < -0.4 is 9.47 Å². The van der Waals surface area contributed by atoms with Gasteiger partial charge in [0.15, 0.2) is 6.61 Å². The number of ether oxygens (including phenoxy) is 2. The average Bonchev–Trinajstić information content (AvgIpc) is 2.72. The molecule has 0 aliphatic carbocycles. The van der Waals surface area contributed by atoms with Crippen molar-refractivity contribution in [1.29, 1.82) is 0 Å². The van der Waals surface area contributed by atoms with Gasteiger partial charge in [-0.1, -0.05) is 59.1 Å². The first-order valence-electron chi connectivity index (χ1n) is 8.91. The Labute approximate surface area is 189 Å². The van der Waals surface area contributed by atoms with E-state index in [1.165, 1.54) is 0 Å². The zero-order valence-corrected chi connectivity index (χ0v) is 17.9. The molecule has 0 bridgehead atoms. The highest BCUT2D eigenvalue weighted by Gasteiger charge is 2.08. The lowest BCUT2D eigenvalue weighted by Crippen LogP contribution is -2.09. The van der Waals surface area contributed by atoms with Gasteiger partial charge in [0.05, 0.1) is 5.02 Å². The van der Waals surface area contributed by atoms with Crippen LogP contribution in [0.5, 0.6) is 11.5 Å². The van der Waals surface area contributed by atoms with Crippen LogP contribution in [0.3, 0.4) is 0 Å². The molecule has 0 heterocycles. The van der Waals surface area contributed by atoms with E-state index in [1.807, 2.05) is 54.6 Å². The molecule has 0 saturated heterocycles. The van der Waals surface area contributed by atoms with E-state index in [2.05, 4.69) is 0 Å². The highest BCUT2D eigenvalue weighted by atomic mass is 35.5. The van der Waals surface area contributed by atoms with Crippen molar-refractivity contribution in [3.05, 3.63) is 99.0 Å². The topological polar surface area (TPSA) is 55.8 Å². The molecule has 0 spiro atoms. The van der Waals surface area contributed by atoms with Gasteiger partial charge in [-0.05, 0) is 59.2 Å². The molecule has 4 nitrogen and oxygen atoms in total. The van der Waals surface area contributed by atoms with Gasteiger partial charge in [0.1, 0.15) is 18.1 Å². The Morgan fingerprint density at radius 1 is 0.833 bits per heavy atom. The molecule has 154 valence electrons. The zero-order valence-electron chi connectivity index (χ0n) is 15.6. The molecule has 3 aromatic carbocycles. The predicted molar refractivity (Wildman–Crippen MR) is 120 cm³/mol. The van der Waals surface area contributed by atoms with E-state index < -0.39 is 12.6 Å². The summed E-state index contributed by atoms with van der Waals surface area (Å²) in [5.74, 6) is -0.260. The van der Waals surface area contributed by atoms with Gasteiger partial charge >= 0.3 is 5.97 Å². The fraction of sp³-hybridized carbons (Fsp3) is 0.0870. The number of carbonyl (C=O) groups is 1. The maximum atomic E-state index is 10.6. The maximum Gasteiger partial charge on any atom is 0.341 e. The first-order valence-corrected chi connectivity index (χ1v) is 10.0. The van der Waals surface area contributed by atoms with Gasteiger partial charge in [-0.2, -0.15) is 0 Å². The number of carboxylic acids is 1. The van der Waals surface area contributed by atoms with Gasteiger partial charge in [-0.3, -0.25) is 0 Å². The van der Waals surface area contributed by atoms with Crippen molar-refractivity contribution in [1.82, 2.24) is 0 Å². The minimum atomic E-state index is -1.08. The summed E-state index contributed by atoms with van der Waals surface area (Å²) < 4.78 is 10.9. The first-order chi connectivity index (χ1) is 14.4. The van der Waals surface area contributed by atoms with Crippen molar-refractivity contribution in [3.8, 4) is 11.5 Å². The summed E-state index contributed by atoms with van der Waals surface area (Å²) in [6, 6.07) is 19.9. The molecule has 30 heavy (non-hydrogen) atoms. The van der Waals surface area contributed by atoms with Crippen LogP contribution in [0.2, 0.25) is 15.1 Å². The molecule has 0 aliphatic heterocycles. The van der Waals surface area contributed by atoms with Gasteiger partial charge in [0.25, 0.3) is 0 Å². The van der Waals surface area contributed by atoms with Crippen LogP contribution in [0.1, 0.15) is 11.1 Å². The largest absolute Gasteiger partial charge is 0.489 e. The van der Waals surface area contributed by atoms with Crippen LogP contribution in [-0.2, 0) is 4.79 Å². The SMILES string of the molecule is O=C(O)COc1ccc(OCC=C(c2ccc(Cl)cc2)c2ccc(Cl)cc2)cc1Cl. The van der Waals surface area contributed by atoms with Crippen molar-refractivity contribution in [2.45, 2.75) is 0 Å². The van der Waals surface area contributed by atoms with E-state index in [9.17, 15) is 4.79 Å². The van der Waals surface area contributed by atoms with Crippen molar-refractivity contribution >= 4 is 46.3 Å². The molecule has 0 atom stereocenters. The fourth-order valence-electron chi connectivity index (χ4n) is 2.71. The number of carboxylic acid groups (broad SMARTS) is 1. The van der Waals surface area contributed by atoms with Gasteiger partial charge in [0.2, 0.25) is 0 Å². The normalized spacial score (nSPS) is 10.4. The van der Waals surface area contributed by atoms with E-state index in [0.29, 0.717) is 15.8 Å². The molecule has 0 amide bonds. The van der Waals surface area contributed by atoms with Crippen LogP contribution in [-0.4, -0.2) is 24.3 Å². The van der Waals surface area contributed by atoms with Gasteiger partial charge in [0, 0.05) is 16.1 Å². The summed E-state index contributed by atoms with van der Waals surface area (Å²) in [5.41, 5.74) is 2.94. The van der Waals surface area contributed by atoms with Gasteiger partial charge < -0.3 is 14.6 Å². The van der Waals surface area contributed by atoms with Crippen molar-refractivity contribution in [2.24, 2.45) is 0 Å². The second kappa shape index (κ2) is 10.4. The number of rotatable bonds is 8. The van der Waals surface area contributed by atoms with E-state index in [-0.39, 0.29) is 17.4 Å². The molecule has 1 N–H and O–H groups in total. The van der Waals surface area contributed by atoms with E-state index in [4.69, 9.17) is 49.4 Å². The lowest BCUT2D eigenvalue weighted by Gasteiger charge is -2.11. The van der Waals surface area contributed by atoms with Crippen LogP contribution in [0.15, 0.2) is 72.8 Å². The van der Waals surface area contributed by atoms with E-state index in [0.717, 1.165) is 16.7 Å². The van der Waals surface area contributed by atoms with E-state index in [1.54, 1.807) is 18.2 Å². The van der Waals surface area contributed by atoms with Crippen molar-refractivity contribution in [3.63, 3.8) is 0 Å². The number of hydrogen-bond acceptors (Lipinski definition) is 3. The number of aliphatic carboxylic acids is 1. The summed E-state index contributed by atoms with van der Waals surface area (Å²) in [5, 5.41) is 10.3. The third-order valence-electron chi connectivity index (χ3n) is 4.10. The monoisotopic (exact) mass is 462 g/mol. The summed E-state index contributed by atoms with van der Waals surface area (Å²) in [6.07, 6.45) is 1.95. The molecule has 0 fully saturated rings. The summed E-state index contributed by atoms with van der Waals surface area (Å²) in [4.78, 5) is 10.6. The minimum absolute atomic E-state index is 0.272. The third-order valence-corrected chi connectivity index (χ3v) is 4.90. The highest BCUT2D eigenvalue weighted by Crippen LogP contribution is 2.30. The number of halogens is 3. The van der Waals surface area contributed by atoms with Crippen LogP contribution in [0.4, 0.5) is 0 Å². The quantitative estimate of drug-likeness (QED) is 0.408. The lowest BCUT2D eigenvalue weighted by molar-refractivity contribution is -0.139. The number of hydrogen-bond donors (Lipinski definition) is 1.